The van der Waals surface area contributed by atoms with Crippen molar-refractivity contribution in [3.63, 3.8) is 0 Å². The lowest BCUT2D eigenvalue weighted by molar-refractivity contribution is 0.0735. The Balaban J connectivity index is 2.16. The van der Waals surface area contributed by atoms with E-state index in [9.17, 15) is 0 Å². The van der Waals surface area contributed by atoms with Crippen LogP contribution in [-0.2, 0) is 15.9 Å². The number of hydrogen-bond acceptors (Lipinski definition) is 3. The van der Waals surface area contributed by atoms with Crippen molar-refractivity contribution in [3.8, 4) is 0 Å². The second-order valence-electron chi connectivity index (χ2n) is 4.89. The summed E-state index contributed by atoms with van der Waals surface area (Å²) >= 11 is 0. The minimum atomic E-state index is 0.0628. The average molecular weight is 261 g/mol. The van der Waals surface area contributed by atoms with Gasteiger partial charge in [0.05, 0.1) is 13.2 Å². The zero-order valence-corrected chi connectivity index (χ0v) is 11.6. The quantitative estimate of drug-likeness (QED) is 0.801. The Labute approximate surface area is 115 Å². The van der Waals surface area contributed by atoms with Crippen molar-refractivity contribution >= 4 is 0 Å². The van der Waals surface area contributed by atoms with Gasteiger partial charge in [0.15, 0.2) is 0 Å². The first-order chi connectivity index (χ1) is 9.35. The predicted octanol–water partition coefficient (Wildman–Crippen LogP) is 2.61. The lowest BCUT2D eigenvalue weighted by Gasteiger charge is -2.24. The zero-order chi connectivity index (χ0) is 13.5. The summed E-state index contributed by atoms with van der Waals surface area (Å²) in [7, 11) is 1.73. The van der Waals surface area contributed by atoms with Gasteiger partial charge in [-0.2, -0.15) is 0 Å². The van der Waals surface area contributed by atoms with Crippen LogP contribution < -0.4 is 5.73 Å². The summed E-state index contributed by atoms with van der Waals surface area (Å²) in [6, 6.07) is 8.51. The maximum atomic E-state index is 5.90. The number of nitrogens with two attached hydrogens (primary N) is 1. The highest BCUT2D eigenvalue weighted by molar-refractivity contribution is 5.34. The number of rotatable bonds is 6. The highest BCUT2D eigenvalue weighted by atomic mass is 16.5. The van der Waals surface area contributed by atoms with Gasteiger partial charge in [-0.05, 0) is 48.6 Å². The highest BCUT2D eigenvalue weighted by Crippen LogP contribution is 2.29. The van der Waals surface area contributed by atoms with Crippen LogP contribution in [0.4, 0.5) is 0 Å². The molecule has 1 unspecified atom stereocenters. The standard InChI is InChI=1S/C16H23NO2/c1-18-12-13(5-4-9-17)11-16-15-7-3-2-6-14(15)8-10-19-16/h2-3,6-7,11,16H,4-5,8-10,12,17H2,1H3/b13-11+. The van der Waals surface area contributed by atoms with Crippen LogP contribution in [0.15, 0.2) is 35.9 Å². The van der Waals surface area contributed by atoms with Crippen LogP contribution in [0.5, 0.6) is 0 Å². The molecule has 2 N–H and O–H groups in total. The molecule has 1 aliphatic rings. The summed E-state index contributed by atoms with van der Waals surface area (Å²) in [5, 5.41) is 0. The van der Waals surface area contributed by atoms with E-state index in [1.165, 1.54) is 16.7 Å². The molecule has 1 heterocycles. The van der Waals surface area contributed by atoms with Crippen LogP contribution in [0.1, 0.15) is 30.1 Å². The fourth-order valence-corrected chi connectivity index (χ4v) is 2.50. The van der Waals surface area contributed by atoms with Crippen molar-refractivity contribution in [2.45, 2.75) is 25.4 Å². The number of hydrogen-bond donors (Lipinski definition) is 1. The first kappa shape index (κ1) is 14.3. The van der Waals surface area contributed by atoms with Gasteiger partial charge in [-0.25, -0.2) is 0 Å². The Bertz CT molecular complexity index is 429. The Hall–Kier alpha value is -1.16. The maximum absolute atomic E-state index is 5.90. The molecule has 2 rings (SSSR count). The van der Waals surface area contributed by atoms with E-state index in [1.807, 2.05) is 0 Å². The fraction of sp³-hybridized carbons (Fsp3) is 0.500. The van der Waals surface area contributed by atoms with E-state index in [4.69, 9.17) is 15.2 Å². The second-order valence-corrected chi connectivity index (χ2v) is 4.89. The van der Waals surface area contributed by atoms with E-state index in [1.54, 1.807) is 7.11 Å². The number of methoxy groups -OCH3 is 1. The summed E-state index contributed by atoms with van der Waals surface area (Å²) in [6.07, 6.45) is 5.24. The van der Waals surface area contributed by atoms with Gasteiger partial charge in [0, 0.05) is 7.11 Å². The fourth-order valence-electron chi connectivity index (χ4n) is 2.50. The van der Waals surface area contributed by atoms with Crippen molar-refractivity contribution in [1.29, 1.82) is 0 Å². The molecule has 0 aromatic heterocycles. The summed E-state index contributed by atoms with van der Waals surface area (Å²) in [6.45, 7) is 2.15. The van der Waals surface area contributed by atoms with Gasteiger partial charge in [0.25, 0.3) is 0 Å². The van der Waals surface area contributed by atoms with Gasteiger partial charge < -0.3 is 15.2 Å². The monoisotopic (exact) mass is 261 g/mol. The third-order valence-corrected chi connectivity index (χ3v) is 3.45. The minimum Gasteiger partial charge on any atom is -0.380 e. The molecule has 104 valence electrons. The number of benzene rings is 1. The molecule has 3 heteroatoms. The largest absolute Gasteiger partial charge is 0.380 e. The summed E-state index contributed by atoms with van der Waals surface area (Å²) in [4.78, 5) is 0. The van der Waals surface area contributed by atoms with Gasteiger partial charge >= 0.3 is 0 Å². The molecule has 3 nitrogen and oxygen atoms in total. The molecule has 0 radical (unpaired) electrons. The zero-order valence-electron chi connectivity index (χ0n) is 11.6. The van der Waals surface area contributed by atoms with Crippen LogP contribution in [-0.4, -0.2) is 26.9 Å². The molecule has 0 amide bonds. The van der Waals surface area contributed by atoms with E-state index >= 15 is 0 Å². The van der Waals surface area contributed by atoms with Crippen molar-refractivity contribution < 1.29 is 9.47 Å². The first-order valence-electron chi connectivity index (χ1n) is 6.93. The number of ether oxygens (including phenoxy) is 2. The second kappa shape index (κ2) is 7.43. The van der Waals surface area contributed by atoms with Crippen molar-refractivity contribution in [3.05, 3.63) is 47.0 Å². The maximum Gasteiger partial charge on any atom is 0.101 e. The SMILES string of the molecule is COC/C(=C/C1OCCc2ccccc21)CCCN. The van der Waals surface area contributed by atoms with Crippen LogP contribution in [0, 0.1) is 0 Å². The molecular formula is C16H23NO2. The van der Waals surface area contributed by atoms with Crippen molar-refractivity contribution in [1.82, 2.24) is 0 Å². The van der Waals surface area contributed by atoms with Gasteiger partial charge in [-0.1, -0.05) is 24.3 Å². The van der Waals surface area contributed by atoms with Crippen LogP contribution >= 0.6 is 0 Å². The Morgan fingerprint density at radius 3 is 3.11 bits per heavy atom. The molecular weight excluding hydrogens is 238 g/mol. The number of fused-ring (bicyclic) bond motifs is 1. The molecule has 0 saturated heterocycles. The molecule has 0 bridgehead atoms. The topological polar surface area (TPSA) is 44.5 Å². The third kappa shape index (κ3) is 3.90. The molecule has 0 saturated carbocycles. The lowest BCUT2D eigenvalue weighted by Crippen LogP contribution is -2.15. The molecule has 19 heavy (non-hydrogen) atoms. The van der Waals surface area contributed by atoms with Crippen molar-refractivity contribution in [2.75, 3.05) is 26.9 Å². The molecule has 1 aromatic carbocycles. The van der Waals surface area contributed by atoms with E-state index in [2.05, 4.69) is 30.3 Å². The van der Waals surface area contributed by atoms with Crippen molar-refractivity contribution in [2.24, 2.45) is 5.73 Å². The Morgan fingerprint density at radius 1 is 1.47 bits per heavy atom. The van der Waals surface area contributed by atoms with Gasteiger partial charge in [-0.3, -0.25) is 0 Å². The normalized spacial score (nSPS) is 19.3. The Kier molecular flexibility index (Phi) is 5.58. The van der Waals surface area contributed by atoms with E-state index < -0.39 is 0 Å². The smallest absolute Gasteiger partial charge is 0.101 e. The third-order valence-electron chi connectivity index (χ3n) is 3.45. The van der Waals surface area contributed by atoms with Gasteiger partial charge in [-0.15, -0.1) is 0 Å². The van der Waals surface area contributed by atoms with E-state index in [0.717, 1.165) is 25.9 Å². The molecule has 0 spiro atoms. The summed E-state index contributed by atoms with van der Waals surface area (Å²) in [5.74, 6) is 0. The van der Waals surface area contributed by atoms with Gasteiger partial charge in [0.1, 0.15) is 6.10 Å². The van der Waals surface area contributed by atoms with Gasteiger partial charge in [0.2, 0.25) is 0 Å². The first-order valence-corrected chi connectivity index (χ1v) is 6.93. The molecule has 0 fully saturated rings. The lowest BCUT2D eigenvalue weighted by atomic mass is 9.95. The molecule has 0 aliphatic carbocycles. The van der Waals surface area contributed by atoms with Crippen LogP contribution in [0.25, 0.3) is 0 Å². The molecule has 1 aromatic rings. The van der Waals surface area contributed by atoms with E-state index in [0.29, 0.717) is 13.2 Å². The molecule has 1 aliphatic heterocycles. The summed E-state index contributed by atoms with van der Waals surface area (Å²) < 4.78 is 11.2. The Morgan fingerprint density at radius 2 is 2.32 bits per heavy atom. The van der Waals surface area contributed by atoms with Crippen LogP contribution in [0.3, 0.4) is 0 Å². The molecule has 1 atom stereocenters. The predicted molar refractivity (Wildman–Crippen MR) is 77.1 cm³/mol. The highest BCUT2D eigenvalue weighted by Gasteiger charge is 2.18. The summed E-state index contributed by atoms with van der Waals surface area (Å²) in [5.41, 5.74) is 9.54. The average Bonchev–Trinajstić information content (AvgIpc) is 2.45. The van der Waals surface area contributed by atoms with Crippen LogP contribution in [0.2, 0.25) is 0 Å². The minimum absolute atomic E-state index is 0.0628. The van der Waals surface area contributed by atoms with E-state index in [-0.39, 0.29) is 6.10 Å².